The maximum absolute atomic E-state index is 9.30. The Morgan fingerprint density at radius 1 is 0.941 bits per heavy atom. The van der Waals surface area contributed by atoms with Crippen LogP contribution < -0.4 is 31.0 Å². The molecule has 0 amide bonds. The maximum Gasteiger partial charge on any atom is 0.142 e. The standard InChI is InChI=1S/C41H47ClN6O3/c1-29-33(9-5-11-36(29)37-12-6-13-39(30(37)2)49-18-8-17-48-15-3-4-16-48)28-51-41-21-40(50-27-32-19-31(22-44)23-46-24-32)34(20-38(41)42)25-47-26-35(45)10-7-14-43/h5-7,9-14,19-21,23-24,47H,3-4,8,15-18,25-28,43,45H2,1-2H3/b14-7-,35-10-. The van der Waals surface area contributed by atoms with Crippen molar-refractivity contribution in [2.24, 2.45) is 11.5 Å². The van der Waals surface area contributed by atoms with Crippen LogP contribution in [0, 0.1) is 25.2 Å². The van der Waals surface area contributed by atoms with Crippen molar-refractivity contribution in [2.75, 3.05) is 32.8 Å². The van der Waals surface area contributed by atoms with Crippen LogP contribution in [0.15, 0.2) is 91.0 Å². The summed E-state index contributed by atoms with van der Waals surface area (Å²) in [6, 6.07) is 20.1. The molecule has 5 rings (SSSR count). The van der Waals surface area contributed by atoms with Crippen LogP contribution in [-0.2, 0) is 19.8 Å². The summed E-state index contributed by atoms with van der Waals surface area (Å²) in [6.07, 6.45) is 11.7. The number of ether oxygens (including phenoxy) is 3. The molecule has 1 saturated heterocycles. The molecule has 5 N–H and O–H groups in total. The van der Waals surface area contributed by atoms with Crippen LogP contribution in [0.3, 0.4) is 0 Å². The van der Waals surface area contributed by atoms with Gasteiger partial charge < -0.3 is 35.9 Å². The van der Waals surface area contributed by atoms with Crippen LogP contribution in [0.2, 0.25) is 5.02 Å². The average molecular weight is 707 g/mol. The first-order valence-electron chi connectivity index (χ1n) is 17.4. The molecule has 0 unspecified atom stereocenters. The number of halogens is 1. The molecule has 0 bridgehead atoms. The van der Waals surface area contributed by atoms with Crippen LogP contribution >= 0.6 is 11.6 Å². The van der Waals surface area contributed by atoms with Gasteiger partial charge in [-0.25, -0.2) is 0 Å². The molecule has 51 heavy (non-hydrogen) atoms. The van der Waals surface area contributed by atoms with E-state index in [-0.39, 0.29) is 6.61 Å². The lowest BCUT2D eigenvalue weighted by Crippen LogP contribution is -2.22. The van der Waals surface area contributed by atoms with Crippen LogP contribution in [0.4, 0.5) is 0 Å². The number of nitrogens with one attached hydrogen (secondary N) is 1. The number of rotatable bonds is 17. The van der Waals surface area contributed by atoms with Crippen LogP contribution in [0.5, 0.6) is 17.2 Å². The highest BCUT2D eigenvalue weighted by Crippen LogP contribution is 2.36. The molecule has 0 saturated carbocycles. The molecule has 3 aromatic carbocycles. The van der Waals surface area contributed by atoms with Gasteiger partial charge in [0.1, 0.15) is 36.5 Å². The maximum atomic E-state index is 9.30. The van der Waals surface area contributed by atoms with E-state index in [9.17, 15) is 5.26 Å². The van der Waals surface area contributed by atoms with Crippen LogP contribution in [0.1, 0.15) is 52.6 Å². The first kappa shape index (κ1) is 37.3. The highest BCUT2D eigenvalue weighted by molar-refractivity contribution is 6.32. The first-order chi connectivity index (χ1) is 24.9. The predicted octanol–water partition coefficient (Wildman–Crippen LogP) is 7.32. The SMILES string of the molecule is Cc1c(COc2cc(OCc3cncc(C#N)c3)c(CNC/C(N)=C/C=C\N)cc2Cl)cccc1-c1cccc(OCCCN2CCCC2)c1C. The monoisotopic (exact) mass is 706 g/mol. The van der Waals surface area contributed by atoms with Crippen molar-refractivity contribution in [3.63, 3.8) is 0 Å². The van der Waals surface area contributed by atoms with Crippen LogP contribution in [-0.4, -0.2) is 42.7 Å². The Morgan fingerprint density at radius 3 is 2.49 bits per heavy atom. The van der Waals surface area contributed by atoms with Crippen molar-refractivity contribution < 1.29 is 14.2 Å². The molecule has 0 atom stereocenters. The summed E-state index contributed by atoms with van der Waals surface area (Å²) in [5.74, 6) is 2.01. The summed E-state index contributed by atoms with van der Waals surface area (Å²) in [6.45, 7) is 9.85. The van der Waals surface area contributed by atoms with Gasteiger partial charge in [-0.2, -0.15) is 5.26 Å². The number of pyridine rings is 1. The number of aromatic nitrogens is 1. The van der Waals surface area contributed by atoms with Gasteiger partial charge in [-0.15, -0.1) is 0 Å². The Hall–Kier alpha value is -5.01. The van der Waals surface area contributed by atoms with E-state index in [2.05, 4.69) is 71.5 Å². The minimum Gasteiger partial charge on any atom is -0.493 e. The molecule has 1 aliphatic rings. The quantitative estimate of drug-likeness (QED) is 0.0764. The third-order valence-corrected chi connectivity index (χ3v) is 9.27. The minimum atomic E-state index is 0.210. The van der Waals surface area contributed by atoms with Gasteiger partial charge in [0.05, 0.1) is 17.2 Å². The summed E-state index contributed by atoms with van der Waals surface area (Å²) in [4.78, 5) is 6.67. The lowest BCUT2D eigenvalue weighted by Gasteiger charge is -2.19. The lowest BCUT2D eigenvalue weighted by molar-refractivity contribution is 0.262. The minimum absolute atomic E-state index is 0.210. The zero-order valence-corrected chi connectivity index (χ0v) is 30.2. The van der Waals surface area contributed by atoms with Gasteiger partial charge in [0, 0.05) is 54.9 Å². The largest absolute Gasteiger partial charge is 0.493 e. The summed E-state index contributed by atoms with van der Waals surface area (Å²) in [5.41, 5.74) is 19.7. The van der Waals surface area contributed by atoms with Gasteiger partial charge in [0.2, 0.25) is 0 Å². The molecule has 2 heterocycles. The fourth-order valence-corrected chi connectivity index (χ4v) is 6.39. The van der Waals surface area contributed by atoms with Gasteiger partial charge in [-0.05, 0) is 111 Å². The molecule has 0 radical (unpaired) electrons. The second-order valence-electron chi connectivity index (χ2n) is 12.7. The van der Waals surface area contributed by atoms with Gasteiger partial charge >= 0.3 is 0 Å². The van der Waals surface area contributed by atoms with Gasteiger partial charge in [-0.3, -0.25) is 4.98 Å². The molecule has 1 fully saturated rings. The number of hydrogen-bond donors (Lipinski definition) is 3. The Labute approximate surface area is 306 Å². The molecule has 9 nitrogen and oxygen atoms in total. The second-order valence-corrected chi connectivity index (χ2v) is 13.1. The molecule has 4 aromatic rings. The zero-order valence-electron chi connectivity index (χ0n) is 29.5. The average Bonchev–Trinajstić information content (AvgIpc) is 3.67. The molecular weight excluding hydrogens is 660 g/mol. The fraction of sp³-hybridized carbons (Fsp3) is 0.317. The van der Waals surface area contributed by atoms with E-state index < -0.39 is 0 Å². The topological polar surface area (TPSA) is 132 Å². The summed E-state index contributed by atoms with van der Waals surface area (Å²) >= 11 is 6.80. The molecular formula is C41H47ClN6O3. The van der Waals surface area contributed by atoms with Crippen molar-refractivity contribution in [2.45, 2.75) is 52.9 Å². The molecule has 266 valence electrons. The van der Waals surface area contributed by atoms with E-state index in [0.29, 0.717) is 54.1 Å². The predicted molar refractivity (Wildman–Crippen MR) is 204 cm³/mol. The van der Waals surface area contributed by atoms with Gasteiger partial charge in [0.25, 0.3) is 0 Å². The van der Waals surface area contributed by atoms with Crippen LogP contribution in [0.25, 0.3) is 11.1 Å². The Balaban J connectivity index is 1.30. The number of benzene rings is 3. The first-order valence-corrected chi connectivity index (χ1v) is 17.7. The summed E-state index contributed by atoms with van der Waals surface area (Å²) in [7, 11) is 0. The zero-order chi connectivity index (χ0) is 36.0. The lowest BCUT2D eigenvalue weighted by atomic mass is 9.93. The van der Waals surface area contributed by atoms with Crippen molar-refractivity contribution >= 4 is 11.6 Å². The van der Waals surface area contributed by atoms with E-state index in [1.54, 1.807) is 24.4 Å². The number of likely N-dealkylation sites (tertiary alicyclic amines) is 1. The second kappa shape index (κ2) is 18.8. The van der Waals surface area contributed by atoms with E-state index in [1.165, 1.54) is 38.3 Å². The molecule has 10 heteroatoms. The smallest absolute Gasteiger partial charge is 0.142 e. The van der Waals surface area contributed by atoms with Crippen molar-refractivity contribution in [1.29, 1.82) is 5.26 Å². The Bertz CT molecular complexity index is 1880. The Morgan fingerprint density at radius 2 is 1.71 bits per heavy atom. The third kappa shape index (κ3) is 10.5. The summed E-state index contributed by atoms with van der Waals surface area (Å²) in [5, 5.41) is 13.1. The molecule has 0 aliphatic carbocycles. The van der Waals surface area contributed by atoms with Crippen molar-refractivity contribution in [3.05, 3.63) is 129 Å². The van der Waals surface area contributed by atoms with Crippen molar-refractivity contribution in [1.82, 2.24) is 15.2 Å². The number of nitrogens with two attached hydrogens (primary N) is 2. The number of nitriles is 1. The summed E-state index contributed by atoms with van der Waals surface area (Å²) < 4.78 is 18.9. The molecule has 1 aromatic heterocycles. The molecule has 1 aliphatic heterocycles. The normalized spacial score (nSPS) is 13.4. The van der Waals surface area contributed by atoms with Gasteiger partial charge in [0.15, 0.2) is 0 Å². The highest BCUT2D eigenvalue weighted by Gasteiger charge is 2.16. The van der Waals surface area contributed by atoms with E-state index >= 15 is 0 Å². The Kier molecular flexibility index (Phi) is 13.8. The fourth-order valence-electron chi connectivity index (χ4n) is 6.15. The third-order valence-electron chi connectivity index (χ3n) is 8.98. The van der Waals surface area contributed by atoms with E-state index in [0.717, 1.165) is 57.7 Å². The number of allylic oxidation sites excluding steroid dienone is 2. The van der Waals surface area contributed by atoms with E-state index in [1.807, 2.05) is 12.1 Å². The molecule has 0 spiro atoms. The number of hydrogen-bond acceptors (Lipinski definition) is 9. The van der Waals surface area contributed by atoms with Gasteiger partial charge in [-0.1, -0.05) is 41.9 Å². The highest BCUT2D eigenvalue weighted by atomic mass is 35.5. The van der Waals surface area contributed by atoms with E-state index in [4.69, 9.17) is 37.3 Å². The number of nitrogens with zero attached hydrogens (tertiary/aromatic N) is 3. The van der Waals surface area contributed by atoms with Crippen molar-refractivity contribution in [3.8, 4) is 34.4 Å².